The first-order valence-corrected chi connectivity index (χ1v) is 10.4. The highest BCUT2D eigenvalue weighted by molar-refractivity contribution is 7.92. The molecule has 1 aromatic heterocycles. The summed E-state index contributed by atoms with van der Waals surface area (Å²) in [5, 5.41) is 20.1. The van der Waals surface area contributed by atoms with Gasteiger partial charge in [0.15, 0.2) is 0 Å². The normalized spacial score (nSPS) is 10.7. The van der Waals surface area contributed by atoms with Crippen LogP contribution in [-0.2, 0) is 10.0 Å². The van der Waals surface area contributed by atoms with Crippen LogP contribution in [0.5, 0.6) is 11.5 Å². The highest BCUT2D eigenvalue weighted by atomic mass is 35.5. The molecule has 1 heterocycles. The van der Waals surface area contributed by atoms with Crippen LogP contribution in [0.15, 0.2) is 46.7 Å². The van der Waals surface area contributed by atoms with E-state index in [9.17, 15) is 13.7 Å². The number of anilines is 1. The van der Waals surface area contributed by atoms with Gasteiger partial charge in [-0.25, -0.2) is 8.42 Å². The summed E-state index contributed by atoms with van der Waals surface area (Å²) in [6, 6.07) is 12.3. The lowest BCUT2D eigenvalue weighted by Crippen LogP contribution is -2.13. The minimum atomic E-state index is -3.89. The Balaban J connectivity index is 1.90. The fourth-order valence-corrected chi connectivity index (χ4v) is 4.29. The summed E-state index contributed by atoms with van der Waals surface area (Å²) in [5.74, 6) is 0.477. The van der Waals surface area contributed by atoms with Gasteiger partial charge < -0.3 is 4.74 Å². The van der Waals surface area contributed by atoms with Gasteiger partial charge in [0.1, 0.15) is 23.6 Å². The van der Waals surface area contributed by atoms with Crippen molar-refractivity contribution in [2.24, 2.45) is 0 Å². The summed E-state index contributed by atoms with van der Waals surface area (Å²) < 4.78 is 37.2. The second-order valence-corrected chi connectivity index (χ2v) is 8.26. The fraction of sp³-hybridized carbons (Fsp3) is 0.0556. The maximum absolute atomic E-state index is 12.6. The monoisotopic (exact) mass is 430 g/mol. The van der Waals surface area contributed by atoms with Crippen molar-refractivity contribution in [1.29, 1.82) is 10.5 Å². The molecule has 0 bridgehead atoms. The van der Waals surface area contributed by atoms with Crippen LogP contribution in [0.2, 0.25) is 5.02 Å². The minimum absolute atomic E-state index is 0.0310. The molecule has 0 aliphatic rings. The fourth-order valence-electron chi connectivity index (χ4n) is 2.22. The summed E-state index contributed by atoms with van der Waals surface area (Å²) >= 11 is 7.11. The maximum atomic E-state index is 12.6. The molecular formula is C18H11ClN4O3S2. The van der Waals surface area contributed by atoms with E-state index in [0.29, 0.717) is 22.7 Å². The zero-order valence-corrected chi connectivity index (χ0v) is 16.7. The molecule has 3 aromatic rings. The molecule has 2 aromatic carbocycles. The Labute approximate surface area is 170 Å². The molecule has 0 saturated heterocycles. The lowest BCUT2D eigenvalue weighted by molar-refractivity contribution is 0.480. The number of aryl methyl sites for hydroxylation is 1. The number of benzene rings is 2. The molecule has 10 heteroatoms. The topological polar surface area (TPSA) is 116 Å². The van der Waals surface area contributed by atoms with Gasteiger partial charge in [-0.3, -0.25) is 4.72 Å². The molecule has 7 nitrogen and oxygen atoms in total. The predicted octanol–water partition coefficient (Wildman–Crippen LogP) is 4.44. The first kappa shape index (κ1) is 19.6. The van der Waals surface area contributed by atoms with Crippen molar-refractivity contribution in [3.63, 3.8) is 0 Å². The third-order valence-electron chi connectivity index (χ3n) is 3.66. The maximum Gasteiger partial charge on any atom is 0.262 e. The summed E-state index contributed by atoms with van der Waals surface area (Å²) in [5.41, 5.74) is 1.27. The van der Waals surface area contributed by atoms with Crippen molar-refractivity contribution in [2.45, 2.75) is 11.8 Å². The van der Waals surface area contributed by atoms with Crippen LogP contribution in [0.25, 0.3) is 0 Å². The summed E-state index contributed by atoms with van der Waals surface area (Å²) in [6.07, 6.45) is 0. The summed E-state index contributed by atoms with van der Waals surface area (Å²) in [6.45, 7) is 1.69. The number of sulfonamides is 1. The molecule has 0 atom stereocenters. The van der Waals surface area contributed by atoms with Crippen molar-refractivity contribution in [1.82, 2.24) is 4.37 Å². The van der Waals surface area contributed by atoms with Crippen molar-refractivity contribution < 1.29 is 13.2 Å². The molecule has 0 spiro atoms. The quantitative estimate of drug-likeness (QED) is 0.639. The van der Waals surface area contributed by atoms with Crippen molar-refractivity contribution in [3.05, 3.63) is 63.6 Å². The Morgan fingerprint density at radius 3 is 2.50 bits per heavy atom. The number of hydrogen-bond donors (Lipinski definition) is 1. The van der Waals surface area contributed by atoms with Crippen LogP contribution in [0.1, 0.15) is 16.8 Å². The highest BCUT2D eigenvalue weighted by Gasteiger charge is 2.19. The van der Waals surface area contributed by atoms with Gasteiger partial charge in [-0.15, -0.1) is 0 Å². The van der Waals surface area contributed by atoms with Crippen LogP contribution in [0.3, 0.4) is 0 Å². The zero-order chi connectivity index (χ0) is 20.3. The Morgan fingerprint density at radius 2 is 1.89 bits per heavy atom. The van der Waals surface area contributed by atoms with Gasteiger partial charge in [-0.1, -0.05) is 11.6 Å². The molecular weight excluding hydrogens is 420 g/mol. The van der Waals surface area contributed by atoms with E-state index in [4.69, 9.17) is 21.6 Å². The molecule has 0 amide bonds. The van der Waals surface area contributed by atoms with Gasteiger partial charge >= 0.3 is 0 Å². The van der Waals surface area contributed by atoms with E-state index in [-0.39, 0.29) is 21.2 Å². The molecule has 0 aliphatic heterocycles. The van der Waals surface area contributed by atoms with Gasteiger partial charge in [0, 0.05) is 11.4 Å². The first-order valence-electron chi connectivity index (χ1n) is 7.69. The van der Waals surface area contributed by atoms with E-state index < -0.39 is 10.0 Å². The predicted molar refractivity (Wildman–Crippen MR) is 105 cm³/mol. The third-order valence-corrected chi connectivity index (χ3v) is 6.06. The van der Waals surface area contributed by atoms with Gasteiger partial charge in [0.05, 0.1) is 32.4 Å². The van der Waals surface area contributed by atoms with Crippen molar-refractivity contribution in [2.75, 3.05) is 4.72 Å². The molecule has 0 unspecified atom stereocenters. The highest BCUT2D eigenvalue weighted by Crippen LogP contribution is 2.30. The second kappa shape index (κ2) is 7.87. The largest absolute Gasteiger partial charge is 0.456 e. The Bertz CT molecular complexity index is 1240. The Morgan fingerprint density at radius 1 is 1.14 bits per heavy atom. The van der Waals surface area contributed by atoms with E-state index in [0.717, 1.165) is 11.5 Å². The summed E-state index contributed by atoms with van der Waals surface area (Å²) in [4.78, 5) is -0.0835. The SMILES string of the molecule is Cc1nscc1NS(=O)(=O)c1ccc(Oc2ccc(C#N)c(Cl)c2)c(C#N)c1. The second-order valence-electron chi connectivity index (χ2n) is 5.54. The van der Waals surface area contributed by atoms with Gasteiger partial charge in [-0.2, -0.15) is 14.9 Å². The van der Waals surface area contributed by atoms with Gasteiger partial charge in [0.25, 0.3) is 10.0 Å². The molecule has 0 fully saturated rings. The molecule has 0 saturated carbocycles. The number of nitrogens with zero attached hydrogens (tertiary/aromatic N) is 3. The van der Waals surface area contributed by atoms with E-state index in [1.165, 1.54) is 36.4 Å². The van der Waals surface area contributed by atoms with E-state index in [2.05, 4.69) is 9.10 Å². The van der Waals surface area contributed by atoms with Crippen molar-refractivity contribution >= 4 is 38.8 Å². The third kappa shape index (κ3) is 4.07. The number of hydrogen-bond acceptors (Lipinski definition) is 7. The number of ether oxygens (including phenoxy) is 1. The average molecular weight is 431 g/mol. The van der Waals surface area contributed by atoms with E-state index in [1.54, 1.807) is 12.3 Å². The Kier molecular flexibility index (Phi) is 5.52. The van der Waals surface area contributed by atoms with Crippen LogP contribution < -0.4 is 9.46 Å². The summed E-state index contributed by atoms with van der Waals surface area (Å²) in [7, 11) is -3.89. The first-order chi connectivity index (χ1) is 13.3. The lowest BCUT2D eigenvalue weighted by Gasteiger charge is -2.11. The number of nitriles is 2. The molecule has 0 radical (unpaired) electrons. The van der Waals surface area contributed by atoms with Crippen molar-refractivity contribution in [3.8, 4) is 23.6 Å². The van der Waals surface area contributed by atoms with Crippen LogP contribution in [0.4, 0.5) is 5.69 Å². The van der Waals surface area contributed by atoms with E-state index in [1.807, 2.05) is 12.1 Å². The standard InChI is InChI=1S/C18H11ClN4O3S2/c1-11-17(10-27-22-11)23-28(24,25)15-4-5-18(13(6-15)9-21)26-14-3-2-12(8-20)16(19)7-14/h2-7,10,23H,1H3. The molecule has 28 heavy (non-hydrogen) atoms. The molecule has 1 N–H and O–H groups in total. The number of nitrogens with one attached hydrogen (secondary N) is 1. The minimum Gasteiger partial charge on any atom is -0.456 e. The number of rotatable bonds is 5. The zero-order valence-electron chi connectivity index (χ0n) is 14.3. The molecule has 3 rings (SSSR count). The van der Waals surface area contributed by atoms with Crippen LogP contribution >= 0.6 is 23.1 Å². The Hall–Kier alpha value is -3.11. The van der Waals surface area contributed by atoms with Crippen LogP contribution in [0, 0.1) is 29.6 Å². The van der Waals surface area contributed by atoms with Gasteiger partial charge in [-0.05, 0) is 48.8 Å². The molecule has 0 aliphatic carbocycles. The average Bonchev–Trinajstić information content (AvgIpc) is 3.06. The molecule has 140 valence electrons. The number of halogens is 1. The number of aromatic nitrogens is 1. The van der Waals surface area contributed by atoms with Crippen LogP contribution in [-0.4, -0.2) is 12.8 Å². The van der Waals surface area contributed by atoms with Gasteiger partial charge in [0.2, 0.25) is 0 Å². The van der Waals surface area contributed by atoms with E-state index >= 15 is 0 Å². The lowest BCUT2D eigenvalue weighted by atomic mass is 10.2. The smallest absolute Gasteiger partial charge is 0.262 e.